The Balaban J connectivity index is 3.07. The number of ether oxygens (including phenoxy) is 1. The first-order valence-electron chi connectivity index (χ1n) is 5.24. The second-order valence-corrected chi connectivity index (χ2v) is 5.63. The van der Waals surface area contributed by atoms with Gasteiger partial charge in [-0.1, -0.05) is 34.6 Å². The highest BCUT2D eigenvalue weighted by atomic mass is 19.1. The van der Waals surface area contributed by atoms with E-state index in [0.717, 1.165) is 0 Å². The van der Waals surface area contributed by atoms with Gasteiger partial charge in [-0.2, -0.15) is 0 Å². The predicted octanol–water partition coefficient (Wildman–Crippen LogP) is 2.33. The molecule has 1 aliphatic rings. The Morgan fingerprint density at radius 3 is 2.07 bits per heavy atom. The minimum absolute atomic E-state index is 0.0403. The number of hydrogen-bond acceptors (Lipinski definition) is 2. The van der Waals surface area contributed by atoms with Gasteiger partial charge in [-0.15, -0.1) is 0 Å². The molecule has 0 bridgehead atoms. The summed E-state index contributed by atoms with van der Waals surface area (Å²) in [6.45, 7) is 10.9. The molecule has 0 saturated carbocycles. The molecule has 1 rings (SSSR count). The zero-order chi connectivity index (χ0) is 11.1. The van der Waals surface area contributed by atoms with Crippen LogP contribution >= 0.6 is 0 Å². The van der Waals surface area contributed by atoms with Gasteiger partial charge in [0.05, 0.1) is 12.6 Å². The molecule has 1 saturated heterocycles. The Morgan fingerprint density at radius 1 is 1.43 bits per heavy atom. The summed E-state index contributed by atoms with van der Waals surface area (Å²) in [6, 6.07) is -0.512. The topological polar surface area (TPSA) is 35.2 Å². The molecule has 14 heavy (non-hydrogen) atoms. The normalized spacial score (nSPS) is 39.4. The van der Waals surface area contributed by atoms with E-state index in [2.05, 4.69) is 34.6 Å². The molecule has 0 radical (unpaired) electrons. The van der Waals surface area contributed by atoms with Crippen molar-refractivity contribution in [2.45, 2.75) is 47.0 Å². The summed E-state index contributed by atoms with van der Waals surface area (Å²) in [5.74, 6) is 0.318. The van der Waals surface area contributed by atoms with E-state index in [1.165, 1.54) is 0 Å². The number of halogens is 1. The zero-order valence-electron chi connectivity index (χ0n) is 9.80. The van der Waals surface area contributed by atoms with Gasteiger partial charge in [-0.25, -0.2) is 4.39 Å². The molecule has 2 nitrogen and oxygen atoms in total. The third-order valence-electron chi connectivity index (χ3n) is 3.79. The largest absolute Gasteiger partial charge is 0.346 e. The molecule has 1 heterocycles. The van der Waals surface area contributed by atoms with Crippen LogP contribution < -0.4 is 5.73 Å². The summed E-state index contributed by atoms with van der Waals surface area (Å²) in [5, 5.41) is 0. The molecule has 2 unspecified atom stereocenters. The maximum Gasteiger partial charge on any atom is 0.214 e. The smallest absolute Gasteiger partial charge is 0.214 e. The highest BCUT2D eigenvalue weighted by Crippen LogP contribution is 2.51. The van der Waals surface area contributed by atoms with Gasteiger partial charge < -0.3 is 10.5 Å². The number of hydrogen-bond donors (Lipinski definition) is 1. The van der Waals surface area contributed by atoms with Gasteiger partial charge in [0.2, 0.25) is 6.36 Å². The highest BCUT2D eigenvalue weighted by molar-refractivity contribution is 5.04. The molecule has 3 atom stereocenters. The van der Waals surface area contributed by atoms with Gasteiger partial charge >= 0.3 is 0 Å². The summed E-state index contributed by atoms with van der Waals surface area (Å²) < 4.78 is 18.4. The molecular weight excluding hydrogens is 181 g/mol. The van der Waals surface area contributed by atoms with E-state index in [4.69, 9.17) is 10.5 Å². The van der Waals surface area contributed by atoms with Crippen molar-refractivity contribution in [3.8, 4) is 0 Å². The predicted molar refractivity (Wildman–Crippen MR) is 55.5 cm³/mol. The first-order valence-corrected chi connectivity index (χ1v) is 5.24. The lowest BCUT2D eigenvalue weighted by Gasteiger charge is -2.47. The molecule has 0 aliphatic carbocycles. The fourth-order valence-electron chi connectivity index (χ4n) is 2.79. The Bertz CT molecular complexity index is 212. The van der Waals surface area contributed by atoms with Crippen LogP contribution in [0, 0.1) is 16.7 Å². The van der Waals surface area contributed by atoms with E-state index in [1.807, 2.05) is 0 Å². The molecule has 0 aromatic carbocycles. The monoisotopic (exact) mass is 203 g/mol. The Labute approximate surface area is 86.0 Å². The fraction of sp³-hybridized carbons (Fsp3) is 1.00. The SMILES string of the molecule is CC(C)C1(C(C)(C)C)COC(F)[C@H]1N. The molecular formula is C11H22FNO. The quantitative estimate of drug-likeness (QED) is 0.710. The molecule has 0 amide bonds. The summed E-state index contributed by atoms with van der Waals surface area (Å²) >= 11 is 0. The lowest BCUT2D eigenvalue weighted by molar-refractivity contribution is -0.0100. The minimum atomic E-state index is -1.31. The fourth-order valence-corrected chi connectivity index (χ4v) is 2.79. The number of alkyl halides is 1. The molecule has 1 aliphatic heterocycles. The summed E-state index contributed by atoms with van der Waals surface area (Å²) in [4.78, 5) is 0. The molecule has 0 spiro atoms. The van der Waals surface area contributed by atoms with Crippen molar-refractivity contribution in [2.75, 3.05) is 6.61 Å². The van der Waals surface area contributed by atoms with Crippen LogP contribution in [0.1, 0.15) is 34.6 Å². The van der Waals surface area contributed by atoms with Crippen LogP contribution in [-0.4, -0.2) is 19.0 Å². The summed E-state index contributed by atoms with van der Waals surface area (Å²) in [7, 11) is 0. The van der Waals surface area contributed by atoms with E-state index in [1.54, 1.807) is 0 Å². The summed E-state index contributed by atoms with van der Waals surface area (Å²) in [5.41, 5.74) is 5.65. The average molecular weight is 203 g/mol. The molecule has 3 heteroatoms. The van der Waals surface area contributed by atoms with Crippen LogP contribution in [0.15, 0.2) is 0 Å². The van der Waals surface area contributed by atoms with E-state index in [0.29, 0.717) is 12.5 Å². The number of nitrogens with two attached hydrogens (primary N) is 1. The first-order chi connectivity index (χ1) is 6.23. The highest BCUT2D eigenvalue weighted by Gasteiger charge is 2.56. The van der Waals surface area contributed by atoms with E-state index < -0.39 is 12.4 Å². The minimum Gasteiger partial charge on any atom is -0.346 e. The van der Waals surface area contributed by atoms with Gasteiger partial charge in [0.15, 0.2) is 0 Å². The van der Waals surface area contributed by atoms with Crippen molar-refractivity contribution in [3.05, 3.63) is 0 Å². The van der Waals surface area contributed by atoms with Gasteiger partial charge in [0.1, 0.15) is 0 Å². The van der Waals surface area contributed by atoms with Crippen LogP contribution in [-0.2, 0) is 4.74 Å². The summed E-state index contributed by atoms with van der Waals surface area (Å²) in [6.07, 6.45) is -1.31. The van der Waals surface area contributed by atoms with Gasteiger partial charge in [-0.05, 0) is 11.3 Å². The van der Waals surface area contributed by atoms with Crippen LogP contribution in [0.4, 0.5) is 4.39 Å². The molecule has 0 aromatic rings. The van der Waals surface area contributed by atoms with Gasteiger partial charge in [-0.3, -0.25) is 0 Å². The van der Waals surface area contributed by atoms with Crippen molar-refractivity contribution < 1.29 is 9.13 Å². The maximum absolute atomic E-state index is 13.4. The Kier molecular flexibility index (Phi) is 2.94. The van der Waals surface area contributed by atoms with Crippen molar-refractivity contribution in [2.24, 2.45) is 22.5 Å². The maximum atomic E-state index is 13.4. The van der Waals surface area contributed by atoms with Gasteiger partial charge in [0.25, 0.3) is 0 Å². The lowest BCUT2D eigenvalue weighted by atomic mass is 9.58. The van der Waals surface area contributed by atoms with Crippen LogP contribution in [0.25, 0.3) is 0 Å². The van der Waals surface area contributed by atoms with E-state index >= 15 is 0 Å². The first kappa shape index (κ1) is 11.9. The van der Waals surface area contributed by atoms with Crippen molar-refractivity contribution in [1.29, 1.82) is 0 Å². The van der Waals surface area contributed by atoms with E-state index in [9.17, 15) is 4.39 Å². The molecule has 2 N–H and O–H groups in total. The average Bonchev–Trinajstić information content (AvgIpc) is 2.28. The third-order valence-corrected chi connectivity index (χ3v) is 3.79. The van der Waals surface area contributed by atoms with Gasteiger partial charge in [0, 0.05) is 5.41 Å². The lowest BCUT2D eigenvalue weighted by Crippen LogP contribution is -2.54. The van der Waals surface area contributed by atoms with Crippen LogP contribution in [0.3, 0.4) is 0 Å². The third kappa shape index (κ3) is 1.47. The standard InChI is InChI=1S/C11H22FNO/c1-7(2)11(10(3,4)5)6-14-9(12)8(11)13/h7-9H,6,13H2,1-5H3/t8-,9?,11?/m1/s1. The zero-order valence-corrected chi connectivity index (χ0v) is 9.80. The van der Waals surface area contributed by atoms with E-state index in [-0.39, 0.29) is 10.8 Å². The van der Waals surface area contributed by atoms with Crippen molar-refractivity contribution in [1.82, 2.24) is 0 Å². The second kappa shape index (κ2) is 3.46. The van der Waals surface area contributed by atoms with Crippen LogP contribution in [0.2, 0.25) is 0 Å². The molecule has 0 aromatic heterocycles. The van der Waals surface area contributed by atoms with Crippen LogP contribution in [0.5, 0.6) is 0 Å². The van der Waals surface area contributed by atoms with Crippen molar-refractivity contribution >= 4 is 0 Å². The second-order valence-electron chi connectivity index (χ2n) is 5.63. The molecule has 84 valence electrons. The molecule has 1 fully saturated rings. The Hall–Kier alpha value is -0.150. The van der Waals surface area contributed by atoms with Crippen molar-refractivity contribution in [3.63, 3.8) is 0 Å². The Morgan fingerprint density at radius 2 is 1.93 bits per heavy atom. The number of rotatable bonds is 1.